The van der Waals surface area contributed by atoms with Crippen LogP contribution < -0.4 is 4.90 Å². The number of carbonyl (C=O) groups is 1. The van der Waals surface area contributed by atoms with E-state index in [1.165, 1.54) is 0 Å². The van der Waals surface area contributed by atoms with E-state index in [-0.39, 0.29) is 17.9 Å². The average molecular weight is 350 g/mol. The highest BCUT2D eigenvalue weighted by Crippen LogP contribution is 2.27. The topological polar surface area (TPSA) is 51.0 Å². The van der Waals surface area contributed by atoms with E-state index in [0.717, 1.165) is 22.4 Å². The molecule has 0 bridgehead atoms. The van der Waals surface area contributed by atoms with Crippen molar-refractivity contribution in [3.63, 3.8) is 0 Å². The van der Waals surface area contributed by atoms with Gasteiger partial charge in [-0.3, -0.25) is 4.79 Å². The fourth-order valence-electron chi connectivity index (χ4n) is 3.08. The zero-order valence-corrected chi connectivity index (χ0v) is 16.1. The number of nitrogens with zero attached hydrogens (tertiary/aromatic N) is 4. The van der Waals surface area contributed by atoms with Crippen molar-refractivity contribution < 1.29 is 4.79 Å². The standard InChI is InChI=1S/C21H26N4O/c1-6-24(16-10-8-7-9-11-16)21(26)17-12-19(14(2)3)23-20-18(17)13-22-25(20)15(4)5/h7-15H,6H2,1-5H3. The van der Waals surface area contributed by atoms with Gasteiger partial charge in [0, 0.05) is 24.0 Å². The highest BCUT2D eigenvalue weighted by Gasteiger charge is 2.23. The van der Waals surface area contributed by atoms with E-state index < -0.39 is 0 Å². The van der Waals surface area contributed by atoms with E-state index in [1.807, 2.05) is 48.0 Å². The number of carbonyl (C=O) groups excluding carboxylic acids is 1. The van der Waals surface area contributed by atoms with Crippen LogP contribution in [0.4, 0.5) is 5.69 Å². The average Bonchev–Trinajstić information content (AvgIpc) is 3.06. The van der Waals surface area contributed by atoms with Gasteiger partial charge in [0.05, 0.1) is 17.1 Å². The Bertz CT molecular complexity index is 912. The van der Waals surface area contributed by atoms with Gasteiger partial charge in [-0.25, -0.2) is 9.67 Å². The molecule has 5 heteroatoms. The van der Waals surface area contributed by atoms with Gasteiger partial charge >= 0.3 is 0 Å². The maximum atomic E-state index is 13.4. The van der Waals surface area contributed by atoms with Gasteiger partial charge in [-0.2, -0.15) is 5.10 Å². The third-order valence-corrected chi connectivity index (χ3v) is 4.53. The van der Waals surface area contributed by atoms with Crippen molar-refractivity contribution >= 4 is 22.6 Å². The molecule has 0 N–H and O–H groups in total. The molecule has 0 aliphatic rings. The number of rotatable bonds is 5. The molecule has 0 fully saturated rings. The van der Waals surface area contributed by atoms with E-state index in [2.05, 4.69) is 32.8 Å². The maximum Gasteiger partial charge on any atom is 0.259 e. The van der Waals surface area contributed by atoms with E-state index in [0.29, 0.717) is 12.1 Å². The summed E-state index contributed by atoms with van der Waals surface area (Å²) in [5.74, 6) is 0.213. The van der Waals surface area contributed by atoms with Gasteiger partial charge < -0.3 is 4.90 Å². The van der Waals surface area contributed by atoms with Crippen molar-refractivity contribution in [1.29, 1.82) is 0 Å². The SMILES string of the molecule is CCN(C(=O)c1cc(C(C)C)nc2c1cnn2C(C)C)c1ccccc1. The lowest BCUT2D eigenvalue weighted by Gasteiger charge is -2.22. The maximum absolute atomic E-state index is 13.4. The van der Waals surface area contributed by atoms with E-state index in [4.69, 9.17) is 4.98 Å². The van der Waals surface area contributed by atoms with Crippen LogP contribution in [-0.4, -0.2) is 27.2 Å². The molecule has 0 saturated heterocycles. The van der Waals surface area contributed by atoms with Crippen LogP contribution in [-0.2, 0) is 0 Å². The van der Waals surface area contributed by atoms with Gasteiger partial charge in [0.15, 0.2) is 5.65 Å². The number of anilines is 1. The van der Waals surface area contributed by atoms with Crippen LogP contribution in [0, 0.1) is 0 Å². The van der Waals surface area contributed by atoms with Gasteiger partial charge in [0.2, 0.25) is 0 Å². The van der Waals surface area contributed by atoms with Gasteiger partial charge in [0.1, 0.15) is 0 Å². The van der Waals surface area contributed by atoms with Gasteiger partial charge in [-0.15, -0.1) is 0 Å². The van der Waals surface area contributed by atoms with Gasteiger partial charge in [-0.05, 0) is 44.9 Å². The minimum atomic E-state index is -0.0173. The first kappa shape index (κ1) is 18.1. The predicted molar refractivity (Wildman–Crippen MR) is 106 cm³/mol. The number of amides is 1. The largest absolute Gasteiger partial charge is 0.309 e. The highest BCUT2D eigenvalue weighted by atomic mass is 16.2. The molecule has 0 aliphatic carbocycles. The molecule has 0 spiro atoms. The number of aromatic nitrogens is 3. The van der Waals surface area contributed by atoms with Crippen molar-refractivity contribution in [2.75, 3.05) is 11.4 Å². The molecule has 1 aromatic carbocycles. The van der Waals surface area contributed by atoms with Crippen LogP contribution >= 0.6 is 0 Å². The summed E-state index contributed by atoms with van der Waals surface area (Å²) in [7, 11) is 0. The Balaban J connectivity index is 2.18. The van der Waals surface area contributed by atoms with Crippen LogP contribution in [0.3, 0.4) is 0 Å². The summed E-state index contributed by atoms with van der Waals surface area (Å²) in [6.45, 7) is 10.9. The van der Waals surface area contributed by atoms with Crippen LogP contribution in [0.2, 0.25) is 0 Å². The monoisotopic (exact) mass is 350 g/mol. The molecule has 2 aromatic heterocycles. The van der Waals surface area contributed by atoms with Crippen molar-refractivity contribution in [1.82, 2.24) is 14.8 Å². The Morgan fingerprint density at radius 1 is 1.15 bits per heavy atom. The summed E-state index contributed by atoms with van der Waals surface area (Å²) in [5, 5.41) is 5.29. The molecule has 0 unspecified atom stereocenters. The Labute approximate surface area is 154 Å². The quantitative estimate of drug-likeness (QED) is 0.664. The van der Waals surface area contributed by atoms with Crippen molar-refractivity contribution in [3.05, 3.63) is 53.9 Å². The number of hydrogen-bond donors (Lipinski definition) is 0. The summed E-state index contributed by atoms with van der Waals surface area (Å²) < 4.78 is 1.89. The Morgan fingerprint density at radius 2 is 1.85 bits per heavy atom. The molecule has 0 atom stereocenters. The number of benzene rings is 1. The lowest BCUT2D eigenvalue weighted by molar-refractivity contribution is 0.0989. The summed E-state index contributed by atoms with van der Waals surface area (Å²) in [6.07, 6.45) is 1.76. The second-order valence-corrected chi connectivity index (χ2v) is 7.05. The lowest BCUT2D eigenvalue weighted by atomic mass is 10.0. The first-order valence-electron chi connectivity index (χ1n) is 9.19. The molecule has 1 amide bonds. The molecule has 0 saturated carbocycles. The third-order valence-electron chi connectivity index (χ3n) is 4.53. The number of pyridine rings is 1. The minimum Gasteiger partial charge on any atom is -0.309 e. The molecule has 3 rings (SSSR count). The van der Waals surface area contributed by atoms with E-state index in [1.54, 1.807) is 11.1 Å². The van der Waals surface area contributed by atoms with Crippen LogP contribution in [0.1, 0.15) is 62.6 Å². The Kier molecular flexibility index (Phi) is 5.07. The number of hydrogen-bond acceptors (Lipinski definition) is 3. The van der Waals surface area contributed by atoms with E-state index >= 15 is 0 Å². The second kappa shape index (κ2) is 7.28. The summed E-state index contributed by atoms with van der Waals surface area (Å²) in [5.41, 5.74) is 3.25. The van der Waals surface area contributed by atoms with Gasteiger partial charge in [-0.1, -0.05) is 32.0 Å². The summed E-state index contributed by atoms with van der Waals surface area (Å²) in [6, 6.07) is 11.9. The molecular formula is C21H26N4O. The van der Waals surface area contributed by atoms with Crippen LogP contribution in [0.15, 0.2) is 42.6 Å². The molecule has 0 radical (unpaired) electrons. The third kappa shape index (κ3) is 3.21. The molecule has 2 heterocycles. The smallest absolute Gasteiger partial charge is 0.259 e. The molecule has 26 heavy (non-hydrogen) atoms. The zero-order chi connectivity index (χ0) is 18.8. The number of para-hydroxylation sites is 1. The summed E-state index contributed by atoms with van der Waals surface area (Å²) in [4.78, 5) is 20.0. The molecular weight excluding hydrogens is 324 g/mol. The Hall–Kier alpha value is -2.69. The Morgan fingerprint density at radius 3 is 2.42 bits per heavy atom. The summed E-state index contributed by atoms with van der Waals surface area (Å²) >= 11 is 0. The molecule has 5 nitrogen and oxygen atoms in total. The number of fused-ring (bicyclic) bond motifs is 1. The highest BCUT2D eigenvalue weighted by molar-refractivity contribution is 6.13. The fraction of sp³-hybridized carbons (Fsp3) is 0.381. The van der Waals surface area contributed by atoms with Gasteiger partial charge in [0.25, 0.3) is 5.91 Å². The van der Waals surface area contributed by atoms with Crippen molar-refractivity contribution in [3.8, 4) is 0 Å². The van der Waals surface area contributed by atoms with Crippen molar-refractivity contribution in [2.45, 2.75) is 46.6 Å². The predicted octanol–water partition coefficient (Wildman–Crippen LogP) is 4.80. The minimum absolute atomic E-state index is 0.0173. The zero-order valence-electron chi connectivity index (χ0n) is 16.1. The normalized spacial score (nSPS) is 11.5. The van der Waals surface area contributed by atoms with E-state index in [9.17, 15) is 4.79 Å². The molecule has 0 aliphatic heterocycles. The van der Waals surface area contributed by atoms with Crippen LogP contribution in [0.5, 0.6) is 0 Å². The molecule has 136 valence electrons. The lowest BCUT2D eigenvalue weighted by Crippen LogP contribution is -2.31. The molecule has 3 aromatic rings. The first-order chi connectivity index (χ1) is 12.4. The van der Waals surface area contributed by atoms with Crippen molar-refractivity contribution in [2.24, 2.45) is 0 Å². The second-order valence-electron chi connectivity index (χ2n) is 7.05. The first-order valence-corrected chi connectivity index (χ1v) is 9.19. The van der Waals surface area contributed by atoms with Crippen LogP contribution in [0.25, 0.3) is 11.0 Å². The fourth-order valence-corrected chi connectivity index (χ4v) is 3.08.